The monoisotopic (exact) mass is 432 g/mol. The Hall–Kier alpha value is -3.88. The zero-order valence-corrected chi connectivity index (χ0v) is 16.1. The fraction of sp³-hybridized carbons (Fsp3) is 0.0909. The van der Waals surface area contributed by atoms with E-state index in [1.165, 1.54) is 67.9 Å². The predicted octanol–water partition coefficient (Wildman–Crippen LogP) is 5.52. The van der Waals surface area contributed by atoms with Crippen LogP contribution in [0.2, 0.25) is 0 Å². The lowest BCUT2D eigenvalue weighted by atomic mass is 10.2. The fourth-order valence-electron chi connectivity index (χ4n) is 2.63. The minimum absolute atomic E-state index is 0.0447. The summed E-state index contributed by atoms with van der Waals surface area (Å²) in [5.74, 6) is -1.42. The third-order valence-electron chi connectivity index (χ3n) is 4.12. The first-order chi connectivity index (χ1) is 14.8. The molecular formula is C22H16F4N2O3. The average Bonchev–Trinajstić information content (AvgIpc) is 2.74. The highest BCUT2D eigenvalue weighted by molar-refractivity contribution is 5.92. The smallest absolute Gasteiger partial charge is 0.418 e. The Morgan fingerprint density at radius 3 is 2.42 bits per heavy atom. The van der Waals surface area contributed by atoms with E-state index in [-0.39, 0.29) is 22.7 Å². The topological polar surface area (TPSA) is 59.9 Å². The molecule has 0 unspecified atom stereocenters. The van der Waals surface area contributed by atoms with Gasteiger partial charge >= 0.3 is 12.1 Å². The maximum Gasteiger partial charge on any atom is 0.418 e. The van der Waals surface area contributed by atoms with Crippen LogP contribution in [-0.4, -0.2) is 19.3 Å². The van der Waals surface area contributed by atoms with Crippen molar-refractivity contribution in [2.75, 3.05) is 12.5 Å². The van der Waals surface area contributed by atoms with Gasteiger partial charge in [-0.05, 0) is 48.0 Å². The van der Waals surface area contributed by atoms with Gasteiger partial charge in [-0.25, -0.2) is 9.18 Å². The van der Waals surface area contributed by atoms with Gasteiger partial charge in [-0.1, -0.05) is 24.3 Å². The van der Waals surface area contributed by atoms with E-state index in [2.05, 4.69) is 10.5 Å². The number of hydrogen-bond acceptors (Lipinski definition) is 5. The molecule has 31 heavy (non-hydrogen) atoms. The molecule has 0 heterocycles. The molecule has 0 atom stereocenters. The molecule has 0 amide bonds. The molecule has 0 aromatic heterocycles. The molecule has 0 bridgehead atoms. The standard InChI is InChI=1S/C22H16F4N2O3/c1-30-20-12-14(13-27-28-18-9-5-3-7-16(18)22(24,25)26)10-11-19(20)31-21(29)15-6-2-4-8-17(15)23/h2-13,28H,1H3/b27-13+. The molecule has 3 aromatic carbocycles. The lowest BCUT2D eigenvalue weighted by molar-refractivity contribution is -0.136. The van der Waals surface area contributed by atoms with Gasteiger partial charge in [0.2, 0.25) is 0 Å². The van der Waals surface area contributed by atoms with Gasteiger partial charge in [0.1, 0.15) is 5.82 Å². The van der Waals surface area contributed by atoms with Gasteiger partial charge in [0, 0.05) is 0 Å². The molecule has 0 saturated carbocycles. The Morgan fingerprint density at radius 1 is 1.00 bits per heavy atom. The summed E-state index contributed by atoms with van der Waals surface area (Å²) in [6, 6.07) is 14.7. The summed E-state index contributed by atoms with van der Waals surface area (Å²) in [6.45, 7) is 0. The van der Waals surface area contributed by atoms with Crippen LogP contribution in [-0.2, 0) is 6.18 Å². The minimum atomic E-state index is -4.52. The van der Waals surface area contributed by atoms with Crippen molar-refractivity contribution in [2.45, 2.75) is 6.18 Å². The van der Waals surface area contributed by atoms with E-state index >= 15 is 0 Å². The second-order valence-corrected chi connectivity index (χ2v) is 6.19. The molecule has 9 heteroatoms. The van der Waals surface area contributed by atoms with Gasteiger partial charge in [0.05, 0.1) is 30.1 Å². The molecule has 0 aliphatic rings. The molecule has 0 aliphatic carbocycles. The number of ether oxygens (including phenoxy) is 2. The number of hydrogen-bond donors (Lipinski definition) is 1. The Balaban J connectivity index is 1.75. The first kappa shape index (κ1) is 21.8. The first-order valence-electron chi connectivity index (χ1n) is 8.89. The summed E-state index contributed by atoms with van der Waals surface area (Å²) in [4.78, 5) is 12.2. The summed E-state index contributed by atoms with van der Waals surface area (Å²) < 4.78 is 63.2. The van der Waals surface area contributed by atoms with Gasteiger partial charge in [-0.2, -0.15) is 18.3 Å². The molecule has 0 radical (unpaired) electrons. The van der Waals surface area contributed by atoms with Gasteiger partial charge in [0.25, 0.3) is 0 Å². The molecule has 5 nitrogen and oxygen atoms in total. The van der Waals surface area contributed by atoms with E-state index < -0.39 is 23.5 Å². The minimum Gasteiger partial charge on any atom is -0.493 e. The van der Waals surface area contributed by atoms with Crippen LogP contribution in [0.3, 0.4) is 0 Å². The number of esters is 1. The molecule has 1 N–H and O–H groups in total. The molecule has 160 valence electrons. The number of hydrazone groups is 1. The number of nitrogens with zero attached hydrogens (tertiary/aromatic N) is 1. The van der Waals surface area contributed by atoms with Crippen LogP contribution in [0.15, 0.2) is 71.8 Å². The Morgan fingerprint density at radius 2 is 1.71 bits per heavy atom. The lowest BCUT2D eigenvalue weighted by Crippen LogP contribution is -2.11. The van der Waals surface area contributed by atoms with E-state index in [1.807, 2.05) is 0 Å². The summed E-state index contributed by atoms with van der Waals surface area (Å²) in [7, 11) is 1.34. The largest absolute Gasteiger partial charge is 0.493 e. The van der Waals surface area contributed by atoms with Crippen molar-refractivity contribution in [3.8, 4) is 11.5 Å². The number of carbonyl (C=O) groups excluding carboxylic acids is 1. The number of alkyl halides is 3. The van der Waals surface area contributed by atoms with Gasteiger partial charge in [-0.15, -0.1) is 0 Å². The Bertz CT molecular complexity index is 1110. The second-order valence-electron chi connectivity index (χ2n) is 6.19. The van der Waals surface area contributed by atoms with Crippen LogP contribution < -0.4 is 14.9 Å². The van der Waals surface area contributed by atoms with Crippen LogP contribution in [0.4, 0.5) is 23.2 Å². The summed E-state index contributed by atoms with van der Waals surface area (Å²) >= 11 is 0. The van der Waals surface area contributed by atoms with Crippen LogP contribution >= 0.6 is 0 Å². The number of halogens is 4. The molecule has 0 saturated heterocycles. The molecule has 0 fully saturated rings. The molecule has 3 rings (SSSR count). The van der Waals surface area contributed by atoms with Crippen LogP contribution in [0.25, 0.3) is 0 Å². The average molecular weight is 432 g/mol. The zero-order chi connectivity index (χ0) is 22.4. The van der Waals surface area contributed by atoms with Crippen molar-refractivity contribution in [3.63, 3.8) is 0 Å². The van der Waals surface area contributed by atoms with Crippen LogP contribution in [0.5, 0.6) is 11.5 Å². The number of anilines is 1. The van der Waals surface area contributed by atoms with E-state index in [0.29, 0.717) is 5.56 Å². The molecule has 3 aromatic rings. The summed E-state index contributed by atoms with van der Waals surface area (Å²) in [6.07, 6.45) is -3.25. The lowest BCUT2D eigenvalue weighted by Gasteiger charge is -2.12. The number of benzene rings is 3. The van der Waals surface area contributed by atoms with Crippen molar-refractivity contribution in [1.29, 1.82) is 0 Å². The van der Waals surface area contributed by atoms with E-state index in [1.54, 1.807) is 0 Å². The SMILES string of the molecule is COc1cc(/C=N/Nc2ccccc2C(F)(F)F)ccc1OC(=O)c1ccccc1F. The van der Waals surface area contributed by atoms with E-state index in [9.17, 15) is 22.4 Å². The number of rotatable bonds is 6. The van der Waals surface area contributed by atoms with E-state index in [0.717, 1.165) is 12.1 Å². The molecular weight excluding hydrogens is 416 g/mol. The Labute approximate surface area is 174 Å². The number of para-hydroxylation sites is 1. The van der Waals surface area contributed by atoms with Gasteiger partial charge < -0.3 is 9.47 Å². The number of carbonyl (C=O) groups is 1. The van der Waals surface area contributed by atoms with Crippen molar-refractivity contribution in [3.05, 3.63) is 89.2 Å². The molecule has 0 spiro atoms. The number of nitrogens with one attached hydrogen (secondary N) is 1. The van der Waals surface area contributed by atoms with Crippen molar-refractivity contribution >= 4 is 17.9 Å². The Kier molecular flexibility index (Phi) is 6.54. The highest BCUT2D eigenvalue weighted by Crippen LogP contribution is 2.34. The maximum atomic E-state index is 13.7. The second kappa shape index (κ2) is 9.29. The summed E-state index contributed by atoms with van der Waals surface area (Å²) in [5.41, 5.74) is 1.54. The van der Waals surface area contributed by atoms with Crippen molar-refractivity contribution < 1.29 is 31.8 Å². The highest BCUT2D eigenvalue weighted by Gasteiger charge is 2.33. The van der Waals surface area contributed by atoms with E-state index in [4.69, 9.17) is 9.47 Å². The van der Waals surface area contributed by atoms with Crippen molar-refractivity contribution in [1.82, 2.24) is 0 Å². The van der Waals surface area contributed by atoms with Crippen molar-refractivity contribution in [2.24, 2.45) is 5.10 Å². The third-order valence-corrected chi connectivity index (χ3v) is 4.12. The van der Waals surface area contributed by atoms with Crippen LogP contribution in [0.1, 0.15) is 21.5 Å². The number of methoxy groups -OCH3 is 1. The fourth-order valence-corrected chi connectivity index (χ4v) is 2.63. The predicted molar refractivity (Wildman–Crippen MR) is 107 cm³/mol. The van der Waals surface area contributed by atoms with Gasteiger partial charge in [0.15, 0.2) is 11.5 Å². The maximum absolute atomic E-state index is 13.7. The van der Waals surface area contributed by atoms with Crippen LogP contribution in [0, 0.1) is 5.82 Å². The molecule has 0 aliphatic heterocycles. The highest BCUT2D eigenvalue weighted by atomic mass is 19.4. The third kappa shape index (κ3) is 5.39. The normalized spacial score (nSPS) is 11.4. The quantitative estimate of drug-likeness (QED) is 0.183. The summed E-state index contributed by atoms with van der Waals surface area (Å²) in [5, 5.41) is 3.82. The van der Waals surface area contributed by atoms with Gasteiger partial charge in [-0.3, -0.25) is 5.43 Å². The first-order valence-corrected chi connectivity index (χ1v) is 8.89. The zero-order valence-electron chi connectivity index (χ0n) is 16.1.